The van der Waals surface area contributed by atoms with Gasteiger partial charge in [-0.05, 0) is 30.2 Å². The number of thiophene rings is 1. The van der Waals surface area contributed by atoms with Crippen molar-refractivity contribution in [1.82, 2.24) is 9.97 Å². The van der Waals surface area contributed by atoms with Gasteiger partial charge in [0.1, 0.15) is 5.00 Å². The van der Waals surface area contributed by atoms with Crippen LogP contribution in [0.15, 0.2) is 12.4 Å². The van der Waals surface area contributed by atoms with Crippen molar-refractivity contribution >= 4 is 34.2 Å². The van der Waals surface area contributed by atoms with Crippen molar-refractivity contribution in [3.63, 3.8) is 0 Å². The summed E-state index contributed by atoms with van der Waals surface area (Å²) in [6, 6.07) is 0. The van der Waals surface area contributed by atoms with E-state index < -0.39 is 11.9 Å². The number of carbonyl (C=O) groups excluding carboxylic acids is 1. The van der Waals surface area contributed by atoms with Gasteiger partial charge in [0.25, 0.3) is 5.91 Å². The number of aromatic nitrogens is 2. The van der Waals surface area contributed by atoms with Crippen LogP contribution in [0.4, 0.5) is 10.9 Å². The van der Waals surface area contributed by atoms with Crippen LogP contribution in [0.25, 0.3) is 0 Å². The summed E-state index contributed by atoms with van der Waals surface area (Å²) in [5.74, 6) is -0.847. The predicted molar refractivity (Wildman–Crippen MR) is 110 cm³/mol. The normalized spacial score (nSPS) is 18.2. The molecule has 8 nitrogen and oxygen atoms in total. The predicted octanol–water partition coefficient (Wildman–Crippen LogP) is 2.84. The molecule has 0 radical (unpaired) electrons. The molecule has 0 saturated carbocycles. The van der Waals surface area contributed by atoms with Crippen molar-refractivity contribution in [3.05, 3.63) is 34.0 Å². The Morgan fingerprint density at radius 3 is 2.59 bits per heavy atom. The molecule has 1 amide bonds. The van der Waals surface area contributed by atoms with E-state index in [4.69, 9.17) is 4.74 Å². The third kappa shape index (κ3) is 4.11. The summed E-state index contributed by atoms with van der Waals surface area (Å²) in [6.07, 6.45) is 5.42. The number of hydrogen-bond acceptors (Lipinski definition) is 7. The second-order valence-electron chi connectivity index (χ2n) is 8.18. The lowest BCUT2D eigenvalue weighted by molar-refractivity contribution is 0.0696. The Labute approximate surface area is 172 Å². The number of nitrogens with one attached hydrogen (secondary N) is 1. The van der Waals surface area contributed by atoms with Gasteiger partial charge in [-0.1, -0.05) is 13.8 Å². The summed E-state index contributed by atoms with van der Waals surface area (Å²) >= 11 is 1.37. The van der Waals surface area contributed by atoms with E-state index in [1.165, 1.54) is 23.7 Å². The molecule has 2 aromatic heterocycles. The van der Waals surface area contributed by atoms with E-state index >= 15 is 0 Å². The number of nitrogens with zero attached hydrogens (tertiary/aromatic N) is 3. The maximum Gasteiger partial charge on any atom is 0.339 e. The maximum atomic E-state index is 12.7. The summed E-state index contributed by atoms with van der Waals surface area (Å²) in [7, 11) is 0. The quantitative estimate of drug-likeness (QED) is 0.790. The number of hydrogen-bond donors (Lipinski definition) is 2. The highest BCUT2D eigenvalue weighted by Crippen LogP contribution is 2.43. The number of rotatable bonds is 4. The largest absolute Gasteiger partial charge is 0.478 e. The zero-order valence-corrected chi connectivity index (χ0v) is 17.3. The third-order valence-electron chi connectivity index (χ3n) is 5.42. The lowest BCUT2D eigenvalue weighted by atomic mass is 9.77. The van der Waals surface area contributed by atoms with Gasteiger partial charge in [0.05, 0.1) is 24.3 Å². The van der Waals surface area contributed by atoms with Gasteiger partial charge in [-0.3, -0.25) is 4.79 Å². The minimum atomic E-state index is -1.00. The van der Waals surface area contributed by atoms with Crippen LogP contribution in [0.5, 0.6) is 0 Å². The van der Waals surface area contributed by atoms with Gasteiger partial charge in [-0.25, -0.2) is 14.8 Å². The van der Waals surface area contributed by atoms with Crippen LogP contribution in [0.1, 0.15) is 51.4 Å². The van der Waals surface area contributed by atoms with Crippen molar-refractivity contribution in [1.29, 1.82) is 0 Å². The molecule has 0 atom stereocenters. The Morgan fingerprint density at radius 1 is 1.24 bits per heavy atom. The van der Waals surface area contributed by atoms with E-state index in [9.17, 15) is 14.7 Å². The molecule has 2 aromatic rings. The molecule has 1 fully saturated rings. The Balaban J connectivity index is 1.54. The zero-order valence-electron chi connectivity index (χ0n) is 16.5. The average molecular weight is 417 g/mol. The minimum absolute atomic E-state index is 0.137. The number of aromatic carboxylic acids is 1. The number of ether oxygens (including phenoxy) is 1. The molecule has 1 aliphatic heterocycles. The molecule has 4 rings (SSSR count). The summed E-state index contributed by atoms with van der Waals surface area (Å²) in [6.45, 7) is 7.05. The minimum Gasteiger partial charge on any atom is -0.478 e. The van der Waals surface area contributed by atoms with Crippen molar-refractivity contribution in [2.24, 2.45) is 5.41 Å². The molecule has 1 aliphatic carbocycles. The fraction of sp³-hybridized carbons (Fsp3) is 0.500. The first kappa shape index (κ1) is 19.8. The van der Waals surface area contributed by atoms with Gasteiger partial charge < -0.3 is 20.1 Å². The van der Waals surface area contributed by atoms with E-state index in [-0.39, 0.29) is 11.0 Å². The SMILES string of the molecule is CC1(C)CCc2c(sc(NC(=O)c3cnc(N4CCOCC4)nc3)c2C(=O)O)C1. The van der Waals surface area contributed by atoms with Crippen molar-refractivity contribution in [3.8, 4) is 0 Å². The van der Waals surface area contributed by atoms with Crippen molar-refractivity contribution in [2.45, 2.75) is 33.1 Å². The van der Waals surface area contributed by atoms with E-state index in [1.54, 1.807) is 0 Å². The van der Waals surface area contributed by atoms with E-state index in [1.807, 2.05) is 4.90 Å². The number of amides is 1. The molecule has 0 spiro atoms. The molecule has 2 aliphatic rings. The second kappa shape index (κ2) is 7.72. The number of morpholine rings is 1. The first-order chi connectivity index (χ1) is 13.8. The smallest absolute Gasteiger partial charge is 0.339 e. The molecule has 0 unspecified atom stereocenters. The fourth-order valence-corrected chi connectivity index (χ4v) is 5.25. The standard InChI is InChI=1S/C20H24N4O4S/c1-20(2)4-3-13-14(9-20)29-17(15(13)18(26)27)23-16(25)12-10-21-19(22-11-12)24-5-7-28-8-6-24/h10-11H,3-9H2,1-2H3,(H,23,25)(H,26,27). The van der Waals surface area contributed by atoms with Crippen molar-refractivity contribution < 1.29 is 19.4 Å². The van der Waals surface area contributed by atoms with E-state index in [2.05, 4.69) is 29.1 Å². The van der Waals surface area contributed by atoms with E-state index in [0.717, 1.165) is 23.3 Å². The number of carbonyl (C=O) groups is 2. The summed E-state index contributed by atoms with van der Waals surface area (Å²) < 4.78 is 5.32. The van der Waals surface area contributed by atoms with Crippen LogP contribution in [0.3, 0.4) is 0 Å². The average Bonchev–Trinajstić information content (AvgIpc) is 3.04. The van der Waals surface area contributed by atoms with E-state index in [0.29, 0.717) is 49.2 Å². The first-order valence-electron chi connectivity index (χ1n) is 9.68. The van der Waals surface area contributed by atoms with Crippen LogP contribution in [0.2, 0.25) is 0 Å². The molecule has 29 heavy (non-hydrogen) atoms. The molecular weight excluding hydrogens is 392 g/mol. The van der Waals surface area contributed by atoms with Gasteiger partial charge in [-0.2, -0.15) is 0 Å². The topological polar surface area (TPSA) is 105 Å². The lowest BCUT2D eigenvalue weighted by Crippen LogP contribution is -2.37. The molecule has 154 valence electrons. The van der Waals surface area contributed by atoms with Gasteiger partial charge in [-0.15, -0.1) is 11.3 Å². The summed E-state index contributed by atoms with van der Waals surface area (Å²) in [5, 5.41) is 12.9. The highest BCUT2D eigenvalue weighted by molar-refractivity contribution is 7.17. The van der Waals surface area contributed by atoms with Crippen molar-refractivity contribution in [2.75, 3.05) is 36.5 Å². The fourth-order valence-electron chi connectivity index (χ4n) is 3.76. The van der Waals surface area contributed by atoms with Crippen LogP contribution in [-0.2, 0) is 17.6 Å². The highest BCUT2D eigenvalue weighted by Gasteiger charge is 2.33. The number of carboxylic acid groups (broad SMARTS) is 1. The number of carboxylic acids is 1. The number of anilines is 2. The molecule has 1 saturated heterocycles. The van der Waals surface area contributed by atoms with Gasteiger partial charge >= 0.3 is 5.97 Å². The molecule has 0 aromatic carbocycles. The summed E-state index contributed by atoms with van der Waals surface area (Å²) in [4.78, 5) is 36.2. The van der Waals surface area contributed by atoms with Crippen LogP contribution in [-0.4, -0.2) is 53.3 Å². The van der Waals surface area contributed by atoms with Crippen LogP contribution < -0.4 is 10.2 Å². The monoisotopic (exact) mass is 416 g/mol. The van der Waals surface area contributed by atoms with Crippen LogP contribution in [0, 0.1) is 5.41 Å². The van der Waals surface area contributed by atoms with Gasteiger partial charge in [0.2, 0.25) is 5.95 Å². The van der Waals surface area contributed by atoms with Crippen LogP contribution >= 0.6 is 11.3 Å². The Kier molecular flexibility index (Phi) is 5.26. The molecular formula is C20H24N4O4S. The molecule has 3 heterocycles. The zero-order chi connectivity index (χ0) is 20.6. The van der Waals surface area contributed by atoms with Gasteiger partial charge in [0.15, 0.2) is 0 Å². The maximum absolute atomic E-state index is 12.7. The van der Waals surface area contributed by atoms with Gasteiger partial charge in [0, 0.05) is 30.4 Å². The lowest BCUT2D eigenvalue weighted by Gasteiger charge is -2.29. The molecule has 9 heteroatoms. The Morgan fingerprint density at radius 2 is 1.93 bits per heavy atom. The second-order valence-corrected chi connectivity index (χ2v) is 9.28. The Hall–Kier alpha value is -2.52. The Bertz CT molecular complexity index is 933. The summed E-state index contributed by atoms with van der Waals surface area (Å²) in [5.41, 5.74) is 1.51. The molecule has 0 bridgehead atoms. The third-order valence-corrected chi connectivity index (χ3v) is 6.56. The highest BCUT2D eigenvalue weighted by atomic mass is 32.1. The first-order valence-corrected chi connectivity index (χ1v) is 10.5. The number of fused-ring (bicyclic) bond motifs is 1. The molecule has 2 N–H and O–H groups in total.